The number of nitrogens with zero attached hydrogens (tertiary/aromatic N) is 3. The lowest BCUT2D eigenvalue weighted by atomic mass is 10.0. The van der Waals surface area contributed by atoms with Crippen LogP contribution in [0.15, 0.2) is 42.5 Å². The molecular weight excluding hydrogens is 406 g/mol. The molecule has 150 valence electrons. The summed E-state index contributed by atoms with van der Waals surface area (Å²) in [4.78, 5) is 35.0. The zero-order chi connectivity index (χ0) is 20.5. The molecule has 3 aromatic rings. The minimum absolute atomic E-state index is 0.0239. The standard InChI is InChI=1S/C22H22ClN3O2S/c1-14(2)21(27)25-9-11-26(12-10-25)22(28)16-13-18(19-7-8-20(23)29-19)24-17-6-4-3-5-15(16)17/h3-8,13-14H,9-12H2,1-2H3. The second kappa shape index (κ2) is 8.13. The molecule has 0 atom stereocenters. The Morgan fingerprint density at radius 1 is 1.03 bits per heavy atom. The molecule has 1 saturated heterocycles. The summed E-state index contributed by atoms with van der Waals surface area (Å²) in [5, 5.41) is 0.838. The van der Waals surface area contributed by atoms with E-state index < -0.39 is 0 Å². The van der Waals surface area contributed by atoms with Gasteiger partial charge < -0.3 is 9.80 Å². The predicted octanol–water partition coefficient (Wildman–Crippen LogP) is 4.56. The maximum absolute atomic E-state index is 13.4. The Balaban J connectivity index is 1.65. The van der Waals surface area contributed by atoms with Crippen LogP contribution in [0.1, 0.15) is 24.2 Å². The van der Waals surface area contributed by atoms with Crippen LogP contribution in [0, 0.1) is 5.92 Å². The Morgan fingerprint density at radius 3 is 2.38 bits per heavy atom. The predicted molar refractivity (Wildman–Crippen MR) is 117 cm³/mol. The number of benzene rings is 1. The van der Waals surface area contributed by atoms with E-state index in [0.717, 1.165) is 21.5 Å². The molecule has 4 rings (SSSR count). The molecule has 0 saturated carbocycles. The van der Waals surface area contributed by atoms with E-state index in [1.165, 1.54) is 11.3 Å². The quantitative estimate of drug-likeness (QED) is 0.615. The Morgan fingerprint density at radius 2 is 1.72 bits per heavy atom. The van der Waals surface area contributed by atoms with Gasteiger partial charge in [-0.2, -0.15) is 0 Å². The number of rotatable bonds is 3. The van der Waals surface area contributed by atoms with Gasteiger partial charge in [-0.25, -0.2) is 4.98 Å². The van der Waals surface area contributed by atoms with Crippen molar-refractivity contribution in [2.45, 2.75) is 13.8 Å². The molecule has 1 aliphatic rings. The van der Waals surface area contributed by atoms with Crippen LogP contribution >= 0.6 is 22.9 Å². The van der Waals surface area contributed by atoms with Crippen LogP contribution in [0.3, 0.4) is 0 Å². The van der Waals surface area contributed by atoms with Gasteiger partial charge in [-0.05, 0) is 24.3 Å². The highest BCUT2D eigenvalue weighted by molar-refractivity contribution is 7.19. The van der Waals surface area contributed by atoms with E-state index in [4.69, 9.17) is 16.6 Å². The van der Waals surface area contributed by atoms with Gasteiger partial charge in [0.05, 0.1) is 26.0 Å². The van der Waals surface area contributed by atoms with Gasteiger partial charge in [-0.3, -0.25) is 9.59 Å². The number of carbonyl (C=O) groups is 2. The number of thiophene rings is 1. The maximum Gasteiger partial charge on any atom is 0.254 e. The molecule has 7 heteroatoms. The zero-order valence-electron chi connectivity index (χ0n) is 16.4. The molecule has 1 fully saturated rings. The van der Waals surface area contributed by atoms with Gasteiger partial charge in [0.15, 0.2) is 0 Å². The van der Waals surface area contributed by atoms with Gasteiger partial charge in [0.25, 0.3) is 5.91 Å². The van der Waals surface area contributed by atoms with E-state index in [2.05, 4.69) is 0 Å². The number of para-hydroxylation sites is 1. The van der Waals surface area contributed by atoms with E-state index >= 15 is 0 Å². The Bertz CT molecular complexity index is 1070. The van der Waals surface area contributed by atoms with Crippen LogP contribution in [0.2, 0.25) is 4.34 Å². The zero-order valence-corrected chi connectivity index (χ0v) is 18.0. The van der Waals surface area contributed by atoms with Crippen molar-refractivity contribution in [2.75, 3.05) is 26.2 Å². The summed E-state index contributed by atoms with van der Waals surface area (Å²) in [5.74, 6) is 0.0917. The lowest BCUT2D eigenvalue weighted by Gasteiger charge is -2.35. The first-order chi connectivity index (χ1) is 13.9. The van der Waals surface area contributed by atoms with Gasteiger partial charge in [0, 0.05) is 37.5 Å². The van der Waals surface area contributed by atoms with Crippen LogP contribution in [0.25, 0.3) is 21.5 Å². The third-order valence-corrected chi connectivity index (χ3v) is 6.40. The summed E-state index contributed by atoms with van der Waals surface area (Å²) in [6.07, 6.45) is 0. The summed E-state index contributed by atoms with van der Waals surface area (Å²) in [6, 6.07) is 13.3. The smallest absolute Gasteiger partial charge is 0.254 e. The lowest BCUT2D eigenvalue weighted by Crippen LogP contribution is -2.51. The molecular formula is C22H22ClN3O2S. The highest BCUT2D eigenvalue weighted by Gasteiger charge is 2.27. The number of hydrogen-bond acceptors (Lipinski definition) is 4. The first kappa shape index (κ1) is 19.9. The van der Waals surface area contributed by atoms with Crippen molar-refractivity contribution in [1.82, 2.24) is 14.8 Å². The summed E-state index contributed by atoms with van der Waals surface area (Å²) < 4.78 is 0.689. The summed E-state index contributed by atoms with van der Waals surface area (Å²) in [7, 11) is 0. The van der Waals surface area contributed by atoms with E-state index in [1.54, 1.807) is 0 Å². The minimum Gasteiger partial charge on any atom is -0.339 e. The number of pyridine rings is 1. The second-order valence-corrected chi connectivity index (χ2v) is 9.16. The number of carbonyl (C=O) groups excluding carboxylic acids is 2. The van der Waals surface area contributed by atoms with Crippen LogP contribution in [0.4, 0.5) is 0 Å². The number of aromatic nitrogens is 1. The molecule has 2 aromatic heterocycles. The SMILES string of the molecule is CC(C)C(=O)N1CCN(C(=O)c2cc(-c3ccc(Cl)s3)nc3ccccc23)CC1. The molecule has 0 N–H and O–H groups in total. The molecule has 3 heterocycles. The van der Waals surface area contributed by atoms with Crippen molar-refractivity contribution in [1.29, 1.82) is 0 Å². The molecule has 0 unspecified atom stereocenters. The first-order valence-electron chi connectivity index (χ1n) is 9.67. The Hall–Kier alpha value is -2.44. The number of amides is 2. The van der Waals surface area contributed by atoms with Crippen molar-refractivity contribution in [3.05, 3.63) is 52.4 Å². The number of fused-ring (bicyclic) bond motifs is 1. The molecule has 0 bridgehead atoms. The first-order valence-corrected chi connectivity index (χ1v) is 10.9. The van der Waals surface area contributed by atoms with Crippen molar-refractivity contribution >= 4 is 45.7 Å². The molecule has 0 aliphatic carbocycles. The highest BCUT2D eigenvalue weighted by atomic mass is 35.5. The monoisotopic (exact) mass is 427 g/mol. The normalized spacial score (nSPS) is 14.6. The third kappa shape index (κ3) is 4.00. The van der Waals surface area contributed by atoms with Crippen molar-refractivity contribution < 1.29 is 9.59 Å². The Kier molecular flexibility index (Phi) is 5.56. The van der Waals surface area contributed by atoms with Crippen molar-refractivity contribution in [3.8, 4) is 10.6 Å². The minimum atomic E-state index is -0.0263. The van der Waals surface area contributed by atoms with Gasteiger partial charge in [0.1, 0.15) is 0 Å². The molecule has 29 heavy (non-hydrogen) atoms. The molecule has 2 amide bonds. The van der Waals surface area contributed by atoms with E-state index in [-0.39, 0.29) is 17.7 Å². The third-order valence-electron chi connectivity index (χ3n) is 5.14. The maximum atomic E-state index is 13.4. The molecule has 0 spiro atoms. The Labute approximate surface area is 178 Å². The van der Waals surface area contributed by atoms with Crippen LogP contribution < -0.4 is 0 Å². The van der Waals surface area contributed by atoms with E-state index in [0.29, 0.717) is 36.1 Å². The fourth-order valence-electron chi connectivity index (χ4n) is 3.60. The van der Waals surface area contributed by atoms with Gasteiger partial charge in [-0.1, -0.05) is 43.6 Å². The lowest BCUT2D eigenvalue weighted by molar-refractivity contribution is -0.135. The highest BCUT2D eigenvalue weighted by Crippen LogP contribution is 2.32. The topological polar surface area (TPSA) is 53.5 Å². The fourth-order valence-corrected chi connectivity index (χ4v) is 4.60. The van der Waals surface area contributed by atoms with E-state index in [9.17, 15) is 9.59 Å². The summed E-state index contributed by atoms with van der Waals surface area (Å²) in [5.41, 5.74) is 2.17. The number of piperazine rings is 1. The fraction of sp³-hybridized carbons (Fsp3) is 0.318. The van der Waals surface area contributed by atoms with Crippen LogP contribution in [-0.2, 0) is 4.79 Å². The molecule has 0 radical (unpaired) electrons. The van der Waals surface area contributed by atoms with Gasteiger partial charge in [0.2, 0.25) is 5.91 Å². The van der Waals surface area contributed by atoms with Crippen LogP contribution in [-0.4, -0.2) is 52.8 Å². The average molecular weight is 428 g/mol. The van der Waals surface area contributed by atoms with Crippen LogP contribution in [0.5, 0.6) is 0 Å². The summed E-state index contributed by atoms with van der Waals surface area (Å²) in [6.45, 7) is 6.02. The van der Waals surface area contributed by atoms with Gasteiger partial charge in [-0.15, -0.1) is 11.3 Å². The molecule has 5 nitrogen and oxygen atoms in total. The van der Waals surface area contributed by atoms with Crippen molar-refractivity contribution in [2.24, 2.45) is 5.92 Å². The summed E-state index contributed by atoms with van der Waals surface area (Å²) >= 11 is 7.54. The van der Waals surface area contributed by atoms with Crippen molar-refractivity contribution in [3.63, 3.8) is 0 Å². The van der Waals surface area contributed by atoms with Gasteiger partial charge >= 0.3 is 0 Å². The number of hydrogen-bond donors (Lipinski definition) is 0. The average Bonchev–Trinajstić information content (AvgIpc) is 3.18. The molecule has 1 aromatic carbocycles. The second-order valence-electron chi connectivity index (χ2n) is 7.45. The molecule has 1 aliphatic heterocycles. The number of halogens is 1. The van der Waals surface area contributed by atoms with E-state index in [1.807, 2.05) is 66.1 Å². The largest absolute Gasteiger partial charge is 0.339 e.